The van der Waals surface area contributed by atoms with E-state index < -0.39 is 6.04 Å². The van der Waals surface area contributed by atoms with Crippen molar-refractivity contribution in [2.75, 3.05) is 28.8 Å². The Hall–Kier alpha value is -2.02. The van der Waals surface area contributed by atoms with E-state index in [1.165, 1.54) is 0 Å². The number of nitrogens with zero attached hydrogens (tertiary/aromatic N) is 1. The molecule has 0 bridgehead atoms. The zero-order chi connectivity index (χ0) is 19.6. The molecule has 0 radical (unpaired) electrons. The van der Waals surface area contributed by atoms with Gasteiger partial charge in [-0.3, -0.25) is 9.59 Å². The molecule has 2 amide bonds. The second-order valence-corrected chi connectivity index (χ2v) is 7.21. The molecule has 2 aromatic carbocycles. The van der Waals surface area contributed by atoms with E-state index in [0.29, 0.717) is 25.1 Å². The molecule has 0 spiro atoms. The van der Waals surface area contributed by atoms with Crippen LogP contribution in [0.15, 0.2) is 54.6 Å². The summed E-state index contributed by atoms with van der Waals surface area (Å²) in [6.07, 6.45) is 2.94. The minimum absolute atomic E-state index is 0. The Morgan fingerprint density at radius 1 is 1.11 bits per heavy atom. The summed E-state index contributed by atoms with van der Waals surface area (Å²) in [5.41, 5.74) is 8.36. The molecule has 0 heterocycles. The van der Waals surface area contributed by atoms with Gasteiger partial charge >= 0.3 is 0 Å². The lowest BCUT2D eigenvalue weighted by Gasteiger charge is -2.21. The standard InChI is InChI=1S/C21H27N3O2S.ClH/c1-3-24(18-7-5-4-6-8-18)20(25)15-16-9-11-17(12-10-16)23-21(26)19(22)13-14-27-2;/h4-12,19H,3,13-15,22H2,1-2H3,(H,23,26);1H/t19-;/m0./s1. The number of amides is 2. The van der Waals surface area contributed by atoms with Crippen LogP contribution in [0, 0.1) is 0 Å². The maximum Gasteiger partial charge on any atom is 0.241 e. The number of carbonyl (C=O) groups excluding carboxylic acids is 2. The smallest absolute Gasteiger partial charge is 0.241 e. The van der Waals surface area contributed by atoms with Crippen LogP contribution in [-0.4, -0.2) is 36.4 Å². The van der Waals surface area contributed by atoms with E-state index in [0.717, 1.165) is 17.0 Å². The fourth-order valence-electron chi connectivity index (χ4n) is 2.70. The first-order valence-electron chi connectivity index (χ1n) is 9.05. The van der Waals surface area contributed by atoms with Crippen molar-refractivity contribution in [1.82, 2.24) is 0 Å². The van der Waals surface area contributed by atoms with Gasteiger partial charge in [-0.15, -0.1) is 12.4 Å². The Balaban J connectivity index is 0.00000392. The molecule has 0 aliphatic carbocycles. The van der Waals surface area contributed by atoms with E-state index in [9.17, 15) is 9.59 Å². The first-order chi connectivity index (χ1) is 13.0. The van der Waals surface area contributed by atoms with Gasteiger partial charge in [0.15, 0.2) is 0 Å². The molecule has 1 atom stereocenters. The molecular formula is C21H28ClN3O2S. The van der Waals surface area contributed by atoms with Gasteiger partial charge in [0, 0.05) is 17.9 Å². The molecule has 7 heteroatoms. The van der Waals surface area contributed by atoms with Gasteiger partial charge < -0.3 is 16.0 Å². The molecule has 0 fully saturated rings. The van der Waals surface area contributed by atoms with Crippen LogP contribution in [-0.2, 0) is 16.0 Å². The SMILES string of the molecule is CCN(C(=O)Cc1ccc(NC(=O)[C@@H](N)CCSC)cc1)c1ccccc1.Cl. The number of hydrogen-bond acceptors (Lipinski definition) is 4. The van der Waals surface area contributed by atoms with Crippen molar-refractivity contribution >= 4 is 47.4 Å². The van der Waals surface area contributed by atoms with E-state index in [2.05, 4.69) is 5.32 Å². The summed E-state index contributed by atoms with van der Waals surface area (Å²) < 4.78 is 0. The van der Waals surface area contributed by atoms with Crippen LogP contribution >= 0.6 is 24.2 Å². The van der Waals surface area contributed by atoms with Crippen molar-refractivity contribution in [3.05, 3.63) is 60.2 Å². The molecule has 2 rings (SSSR count). The van der Waals surface area contributed by atoms with Crippen LogP contribution < -0.4 is 16.0 Å². The minimum Gasteiger partial charge on any atom is -0.325 e. The van der Waals surface area contributed by atoms with Crippen LogP contribution in [0.4, 0.5) is 11.4 Å². The Morgan fingerprint density at radius 2 is 1.75 bits per heavy atom. The molecule has 0 saturated heterocycles. The average Bonchev–Trinajstić information content (AvgIpc) is 2.69. The van der Waals surface area contributed by atoms with Gasteiger partial charge in [-0.2, -0.15) is 11.8 Å². The van der Waals surface area contributed by atoms with Gasteiger partial charge in [0.1, 0.15) is 0 Å². The van der Waals surface area contributed by atoms with Crippen LogP contribution in [0.2, 0.25) is 0 Å². The minimum atomic E-state index is -0.511. The summed E-state index contributed by atoms with van der Waals surface area (Å²) >= 11 is 1.67. The fraction of sp³-hybridized carbons (Fsp3) is 0.333. The predicted octanol–water partition coefficient (Wildman–Crippen LogP) is 3.72. The number of likely N-dealkylation sites (N-methyl/N-ethyl adjacent to an activating group) is 1. The Morgan fingerprint density at radius 3 is 2.32 bits per heavy atom. The highest BCUT2D eigenvalue weighted by molar-refractivity contribution is 7.98. The number of nitrogens with two attached hydrogens (primary N) is 1. The topological polar surface area (TPSA) is 75.4 Å². The summed E-state index contributed by atoms with van der Waals surface area (Å²) in [4.78, 5) is 26.5. The lowest BCUT2D eigenvalue weighted by molar-refractivity contribution is -0.118. The van der Waals surface area contributed by atoms with Crippen molar-refractivity contribution in [2.24, 2.45) is 5.73 Å². The molecular weight excluding hydrogens is 394 g/mol. The maximum absolute atomic E-state index is 12.6. The van der Waals surface area contributed by atoms with E-state index in [4.69, 9.17) is 5.73 Å². The number of benzene rings is 2. The Bertz CT molecular complexity index is 741. The zero-order valence-electron chi connectivity index (χ0n) is 16.3. The van der Waals surface area contributed by atoms with Crippen molar-refractivity contribution in [3.8, 4) is 0 Å². The number of halogens is 1. The van der Waals surface area contributed by atoms with Gasteiger partial charge in [0.05, 0.1) is 12.5 Å². The average molecular weight is 422 g/mol. The number of anilines is 2. The second-order valence-electron chi connectivity index (χ2n) is 6.22. The summed E-state index contributed by atoms with van der Waals surface area (Å²) in [7, 11) is 0. The van der Waals surface area contributed by atoms with Gasteiger partial charge in [-0.05, 0) is 55.2 Å². The van der Waals surface area contributed by atoms with Crippen molar-refractivity contribution in [2.45, 2.75) is 25.8 Å². The third-order valence-corrected chi connectivity index (χ3v) is 4.88. The third kappa shape index (κ3) is 7.19. The highest BCUT2D eigenvalue weighted by Gasteiger charge is 2.15. The van der Waals surface area contributed by atoms with E-state index >= 15 is 0 Å². The summed E-state index contributed by atoms with van der Waals surface area (Å²) in [6.45, 7) is 2.58. The molecule has 2 aromatic rings. The Labute approximate surface area is 177 Å². The number of para-hydroxylation sites is 1. The molecule has 152 valence electrons. The summed E-state index contributed by atoms with van der Waals surface area (Å²) in [6, 6.07) is 16.5. The highest BCUT2D eigenvalue weighted by atomic mass is 35.5. The largest absolute Gasteiger partial charge is 0.325 e. The maximum atomic E-state index is 12.6. The molecule has 28 heavy (non-hydrogen) atoms. The number of thioether (sulfide) groups is 1. The van der Waals surface area contributed by atoms with Crippen molar-refractivity contribution in [1.29, 1.82) is 0 Å². The molecule has 0 aliphatic heterocycles. The molecule has 0 unspecified atom stereocenters. The fourth-order valence-corrected chi connectivity index (χ4v) is 3.19. The van der Waals surface area contributed by atoms with Gasteiger partial charge in [-0.1, -0.05) is 30.3 Å². The molecule has 0 aromatic heterocycles. The number of rotatable bonds is 9. The normalized spacial score (nSPS) is 11.2. The highest BCUT2D eigenvalue weighted by Crippen LogP contribution is 2.16. The van der Waals surface area contributed by atoms with Gasteiger partial charge in [-0.25, -0.2) is 0 Å². The van der Waals surface area contributed by atoms with E-state index in [1.807, 2.05) is 55.6 Å². The van der Waals surface area contributed by atoms with Crippen LogP contribution in [0.1, 0.15) is 18.9 Å². The first kappa shape index (κ1) is 24.0. The quantitative estimate of drug-likeness (QED) is 0.647. The van der Waals surface area contributed by atoms with Crippen molar-refractivity contribution < 1.29 is 9.59 Å². The first-order valence-corrected chi connectivity index (χ1v) is 10.4. The monoisotopic (exact) mass is 421 g/mol. The number of hydrogen-bond donors (Lipinski definition) is 2. The lowest BCUT2D eigenvalue weighted by Crippen LogP contribution is -2.36. The van der Waals surface area contributed by atoms with Crippen molar-refractivity contribution in [3.63, 3.8) is 0 Å². The molecule has 0 saturated carbocycles. The van der Waals surface area contributed by atoms with E-state index in [1.54, 1.807) is 28.8 Å². The van der Waals surface area contributed by atoms with E-state index in [-0.39, 0.29) is 24.2 Å². The van der Waals surface area contributed by atoms with Crippen LogP contribution in [0.3, 0.4) is 0 Å². The second kappa shape index (κ2) is 12.4. The summed E-state index contributed by atoms with van der Waals surface area (Å²) in [5.74, 6) is 0.707. The molecule has 0 aliphatic rings. The van der Waals surface area contributed by atoms with Crippen LogP contribution in [0.5, 0.6) is 0 Å². The van der Waals surface area contributed by atoms with Gasteiger partial charge in [0.2, 0.25) is 11.8 Å². The number of nitrogens with one attached hydrogen (secondary N) is 1. The summed E-state index contributed by atoms with van der Waals surface area (Å²) in [5, 5.41) is 2.82. The molecule has 3 N–H and O–H groups in total. The third-order valence-electron chi connectivity index (χ3n) is 4.23. The lowest BCUT2D eigenvalue weighted by atomic mass is 10.1. The van der Waals surface area contributed by atoms with Gasteiger partial charge in [0.25, 0.3) is 0 Å². The van der Waals surface area contributed by atoms with Crippen LogP contribution in [0.25, 0.3) is 0 Å². The molecule has 5 nitrogen and oxygen atoms in total. The Kier molecular flexibility index (Phi) is 10.7. The number of carbonyl (C=O) groups is 2. The zero-order valence-corrected chi connectivity index (χ0v) is 17.9. The predicted molar refractivity (Wildman–Crippen MR) is 121 cm³/mol.